The maximum Gasteiger partial charge on any atom is 0.226 e. The molecule has 0 radical (unpaired) electrons. The van der Waals surface area contributed by atoms with Crippen molar-refractivity contribution in [3.8, 4) is 0 Å². The van der Waals surface area contributed by atoms with Crippen LogP contribution in [0.25, 0.3) is 0 Å². The highest BCUT2D eigenvalue weighted by atomic mass is 16.5. The van der Waals surface area contributed by atoms with Gasteiger partial charge in [-0.15, -0.1) is 0 Å². The third-order valence-electron chi connectivity index (χ3n) is 3.63. The van der Waals surface area contributed by atoms with Crippen LogP contribution >= 0.6 is 0 Å². The quantitative estimate of drug-likeness (QED) is 0.670. The van der Waals surface area contributed by atoms with Gasteiger partial charge in [0.05, 0.1) is 13.2 Å². The number of rotatable bonds is 2. The summed E-state index contributed by atoms with van der Waals surface area (Å²) >= 11 is 0. The van der Waals surface area contributed by atoms with E-state index in [9.17, 15) is 4.79 Å². The van der Waals surface area contributed by atoms with Gasteiger partial charge in [0.1, 0.15) is 0 Å². The van der Waals surface area contributed by atoms with Gasteiger partial charge in [0.25, 0.3) is 0 Å². The second kappa shape index (κ2) is 5.48. The van der Waals surface area contributed by atoms with E-state index < -0.39 is 0 Å². The van der Waals surface area contributed by atoms with E-state index in [1.54, 1.807) is 0 Å². The molecule has 1 fully saturated rings. The van der Waals surface area contributed by atoms with Crippen LogP contribution < -0.4 is 0 Å². The lowest BCUT2D eigenvalue weighted by molar-refractivity contribution is -0.139. The molecule has 0 aromatic carbocycles. The normalized spacial score (nSPS) is 26.4. The summed E-state index contributed by atoms with van der Waals surface area (Å²) in [5.74, 6) is 0.572. The number of hydrogen-bond donors (Lipinski definition) is 0. The second-order valence-electron chi connectivity index (χ2n) is 4.62. The fourth-order valence-corrected chi connectivity index (χ4v) is 2.48. The van der Waals surface area contributed by atoms with Gasteiger partial charge in [-0.05, 0) is 25.7 Å². The minimum atomic E-state index is 0.230. The Bertz CT molecular complexity index is 280. The standard InChI is InChI=1S/C13H21NO2/c1-2-11-3-5-12(6-4-11)13(15)14-7-9-16-10-8-14/h3,12H,2,4-10H2,1H3. The minimum Gasteiger partial charge on any atom is -0.378 e. The van der Waals surface area contributed by atoms with Crippen LogP contribution in [0.1, 0.15) is 32.6 Å². The number of amides is 1. The van der Waals surface area contributed by atoms with Crippen molar-refractivity contribution in [2.45, 2.75) is 32.6 Å². The molecule has 2 aliphatic rings. The van der Waals surface area contributed by atoms with Gasteiger partial charge in [-0.1, -0.05) is 18.6 Å². The van der Waals surface area contributed by atoms with Gasteiger partial charge in [-0.25, -0.2) is 0 Å². The highest BCUT2D eigenvalue weighted by molar-refractivity contribution is 5.79. The Balaban J connectivity index is 1.88. The molecule has 0 aromatic heterocycles. The molecule has 1 saturated heterocycles. The average molecular weight is 223 g/mol. The molecule has 0 aromatic rings. The first kappa shape index (κ1) is 11.6. The molecule has 3 nitrogen and oxygen atoms in total. The summed E-state index contributed by atoms with van der Waals surface area (Å²) in [5.41, 5.74) is 1.52. The van der Waals surface area contributed by atoms with Crippen LogP contribution in [-0.4, -0.2) is 37.1 Å². The van der Waals surface area contributed by atoms with Crippen LogP contribution in [0, 0.1) is 5.92 Å². The van der Waals surface area contributed by atoms with Crippen molar-refractivity contribution in [1.82, 2.24) is 4.90 Å². The minimum absolute atomic E-state index is 0.230. The van der Waals surface area contributed by atoms with Crippen molar-refractivity contribution in [2.24, 2.45) is 5.92 Å². The Kier molecular flexibility index (Phi) is 3.99. The molecule has 0 bridgehead atoms. The van der Waals surface area contributed by atoms with E-state index in [1.807, 2.05) is 4.90 Å². The zero-order valence-corrected chi connectivity index (χ0v) is 10.1. The molecule has 90 valence electrons. The van der Waals surface area contributed by atoms with Crippen molar-refractivity contribution >= 4 is 5.91 Å². The summed E-state index contributed by atoms with van der Waals surface area (Å²) in [6.07, 6.45) is 6.50. The van der Waals surface area contributed by atoms with Crippen molar-refractivity contribution in [2.75, 3.05) is 26.3 Å². The molecule has 16 heavy (non-hydrogen) atoms. The van der Waals surface area contributed by atoms with Gasteiger partial charge in [0, 0.05) is 19.0 Å². The molecule has 1 unspecified atom stereocenters. The van der Waals surface area contributed by atoms with Crippen LogP contribution in [0.3, 0.4) is 0 Å². The molecule has 1 aliphatic carbocycles. The van der Waals surface area contributed by atoms with Gasteiger partial charge in [-0.2, -0.15) is 0 Å². The highest BCUT2D eigenvalue weighted by Gasteiger charge is 2.26. The first-order valence-corrected chi connectivity index (χ1v) is 6.35. The van der Waals surface area contributed by atoms with E-state index in [-0.39, 0.29) is 5.92 Å². The first-order valence-electron chi connectivity index (χ1n) is 6.35. The van der Waals surface area contributed by atoms with E-state index in [0.29, 0.717) is 19.1 Å². The zero-order valence-electron chi connectivity index (χ0n) is 10.1. The molecule has 0 saturated carbocycles. The van der Waals surface area contributed by atoms with Crippen LogP contribution in [0.4, 0.5) is 0 Å². The third kappa shape index (κ3) is 2.64. The Hall–Kier alpha value is -0.830. The first-order chi connectivity index (χ1) is 7.81. The van der Waals surface area contributed by atoms with E-state index in [2.05, 4.69) is 13.0 Å². The van der Waals surface area contributed by atoms with Gasteiger partial charge in [0.2, 0.25) is 5.91 Å². The van der Waals surface area contributed by atoms with Crippen molar-refractivity contribution in [3.63, 3.8) is 0 Å². The van der Waals surface area contributed by atoms with Crippen LogP contribution in [0.5, 0.6) is 0 Å². The van der Waals surface area contributed by atoms with Crippen molar-refractivity contribution in [1.29, 1.82) is 0 Å². The Morgan fingerprint density at radius 3 is 2.81 bits per heavy atom. The van der Waals surface area contributed by atoms with Gasteiger partial charge < -0.3 is 9.64 Å². The zero-order chi connectivity index (χ0) is 11.4. The Morgan fingerprint density at radius 2 is 2.25 bits per heavy atom. The molecule has 0 N–H and O–H groups in total. The fourth-order valence-electron chi connectivity index (χ4n) is 2.48. The highest BCUT2D eigenvalue weighted by Crippen LogP contribution is 2.26. The van der Waals surface area contributed by atoms with E-state index in [1.165, 1.54) is 5.57 Å². The number of allylic oxidation sites excluding steroid dienone is 2. The van der Waals surface area contributed by atoms with Crippen LogP contribution in [0.2, 0.25) is 0 Å². The largest absolute Gasteiger partial charge is 0.378 e. The number of carbonyl (C=O) groups excluding carboxylic acids is 1. The summed E-state index contributed by atoms with van der Waals surface area (Å²) < 4.78 is 5.27. The van der Waals surface area contributed by atoms with Gasteiger partial charge in [0.15, 0.2) is 0 Å². The molecular formula is C13H21NO2. The maximum atomic E-state index is 12.2. The lowest BCUT2D eigenvalue weighted by Gasteiger charge is -2.31. The van der Waals surface area contributed by atoms with E-state index in [0.717, 1.165) is 38.8 Å². The third-order valence-corrected chi connectivity index (χ3v) is 3.63. The second-order valence-corrected chi connectivity index (χ2v) is 4.62. The van der Waals surface area contributed by atoms with Crippen molar-refractivity contribution < 1.29 is 9.53 Å². The summed E-state index contributed by atoms with van der Waals surface area (Å²) in [6, 6.07) is 0. The lowest BCUT2D eigenvalue weighted by atomic mass is 9.87. The molecule has 2 rings (SSSR count). The van der Waals surface area contributed by atoms with Crippen LogP contribution in [0.15, 0.2) is 11.6 Å². The molecule has 1 atom stereocenters. The number of morpholine rings is 1. The fraction of sp³-hybridized carbons (Fsp3) is 0.769. The summed E-state index contributed by atoms with van der Waals surface area (Å²) in [6.45, 7) is 5.15. The Labute approximate surface area is 97.5 Å². The number of hydrogen-bond acceptors (Lipinski definition) is 2. The number of nitrogens with zero attached hydrogens (tertiary/aromatic N) is 1. The molecular weight excluding hydrogens is 202 g/mol. The monoisotopic (exact) mass is 223 g/mol. The number of ether oxygens (including phenoxy) is 1. The maximum absolute atomic E-state index is 12.2. The summed E-state index contributed by atoms with van der Waals surface area (Å²) in [5, 5.41) is 0. The van der Waals surface area contributed by atoms with Gasteiger partial charge in [-0.3, -0.25) is 4.79 Å². The Morgan fingerprint density at radius 1 is 1.50 bits per heavy atom. The molecule has 1 aliphatic heterocycles. The van der Waals surface area contributed by atoms with E-state index in [4.69, 9.17) is 4.74 Å². The van der Waals surface area contributed by atoms with Crippen molar-refractivity contribution in [3.05, 3.63) is 11.6 Å². The molecule has 3 heteroatoms. The number of carbonyl (C=O) groups is 1. The summed E-state index contributed by atoms with van der Waals surface area (Å²) in [7, 11) is 0. The van der Waals surface area contributed by atoms with E-state index >= 15 is 0 Å². The predicted molar refractivity (Wildman–Crippen MR) is 63.1 cm³/mol. The smallest absolute Gasteiger partial charge is 0.226 e. The SMILES string of the molecule is CCC1=CCC(C(=O)N2CCOCC2)CC1. The predicted octanol–water partition coefficient (Wildman–Crippen LogP) is 1.98. The molecule has 1 heterocycles. The average Bonchev–Trinajstić information content (AvgIpc) is 2.39. The van der Waals surface area contributed by atoms with Gasteiger partial charge >= 0.3 is 0 Å². The topological polar surface area (TPSA) is 29.5 Å². The molecule has 0 spiro atoms. The lowest BCUT2D eigenvalue weighted by Crippen LogP contribution is -2.44. The summed E-state index contributed by atoms with van der Waals surface area (Å²) in [4.78, 5) is 14.2. The molecule has 1 amide bonds. The van der Waals surface area contributed by atoms with Crippen LogP contribution in [-0.2, 0) is 9.53 Å².